The zero-order valence-electron chi connectivity index (χ0n) is 13.1. The average Bonchev–Trinajstić information content (AvgIpc) is 2.55. The number of urea groups is 1. The van der Waals surface area contributed by atoms with Crippen LogP contribution in [0.1, 0.15) is 31.2 Å². The van der Waals surface area contributed by atoms with Gasteiger partial charge in [0.15, 0.2) is 0 Å². The number of alkyl halides is 1. The molecule has 1 saturated heterocycles. The van der Waals surface area contributed by atoms with Crippen LogP contribution in [0.25, 0.3) is 0 Å². The molecule has 1 aromatic carbocycles. The van der Waals surface area contributed by atoms with Crippen molar-refractivity contribution in [3.63, 3.8) is 0 Å². The van der Waals surface area contributed by atoms with E-state index in [1.165, 1.54) is 24.8 Å². The van der Waals surface area contributed by atoms with Gasteiger partial charge in [-0.05, 0) is 31.4 Å². The molecule has 122 valence electrons. The van der Waals surface area contributed by atoms with E-state index in [0.717, 1.165) is 19.5 Å². The van der Waals surface area contributed by atoms with E-state index in [1.807, 2.05) is 6.07 Å². The number of carbonyl (C=O) groups is 1. The summed E-state index contributed by atoms with van der Waals surface area (Å²) in [6, 6.07) is 10.7. The predicted molar refractivity (Wildman–Crippen MR) is 86.5 cm³/mol. The molecule has 1 fully saturated rings. The van der Waals surface area contributed by atoms with E-state index in [2.05, 4.69) is 39.8 Å². The number of piperidine rings is 1. The second kappa shape index (κ2) is 9.41. The fraction of sp³-hybridized carbons (Fsp3) is 0.588. The molecule has 0 aromatic heterocycles. The van der Waals surface area contributed by atoms with Gasteiger partial charge in [0, 0.05) is 25.7 Å². The third-order valence-electron chi connectivity index (χ3n) is 4.12. The molecule has 0 saturated carbocycles. The summed E-state index contributed by atoms with van der Waals surface area (Å²) in [7, 11) is 0. The molecule has 2 rings (SSSR count). The summed E-state index contributed by atoms with van der Waals surface area (Å²) in [5, 5.41) is 5.29. The lowest BCUT2D eigenvalue weighted by Crippen LogP contribution is -2.43. The van der Waals surface area contributed by atoms with Crippen molar-refractivity contribution in [1.82, 2.24) is 15.5 Å². The Morgan fingerprint density at radius 1 is 1.18 bits per heavy atom. The van der Waals surface area contributed by atoms with Crippen LogP contribution >= 0.6 is 0 Å². The number of nitrogens with zero attached hydrogens (tertiary/aromatic N) is 1. The van der Waals surface area contributed by atoms with Crippen LogP contribution in [0.4, 0.5) is 9.18 Å². The summed E-state index contributed by atoms with van der Waals surface area (Å²) in [6.45, 7) is 2.28. The molecule has 1 unspecified atom stereocenters. The van der Waals surface area contributed by atoms with Gasteiger partial charge < -0.3 is 10.6 Å². The number of carbonyl (C=O) groups excluding carboxylic acids is 1. The van der Waals surface area contributed by atoms with E-state index >= 15 is 0 Å². The quantitative estimate of drug-likeness (QED) is 0.813. The highest BCUT2D eigenvalue weighted by Gasteiger charge is 2.22. The van der Waals surface area contributed by atoms with Gasteiger partial charge in [-0.25, -0.2) is 9.18 Å². The number of hydrogen-bond acceptors (Lipinski definition) is 2. The Morgan fingerprint density at radius 2 is 1.95 bits per heavy atom. The zero-order chi connectivity index (χ0) is 15.6. The van der Waals surface area contributed by atoms with Crippen LogP contribution < -0.4 is 10.6 Å². The maximum Gasteiger partial charge on any atom is 0.314 e. The molecule has 4 nitrogen and oxygen atoms in total. The molecule has 0 bridgehead atoms. The molecule has 1 aliphatic rings. The van der Waals surface area contributed by atoms with Gasteiger partial charge in [0.2, 0.25) is 0 Å². The highest BCUT2D eigenvalue weighted by molar-refractivity contribution is 5.73. The molecule has 2 amide bonds. The van der Waals surface area contributed by atoms with Gasteiger partial charge in [-0.2, -0.15) is 0 Å². The summed E-state index contributed by atoms with van der Waals surface area (Å²) < 4.78 is 12.0. The van der Waals surface area contributed by atoms with Gasteiger partial charge in [-0.3, -0.25) is 4.90 Å². The van der Waals surface area contributed by atoms with Crippen molar-refractivity contribution >= 4 is 6.03 Å². The van der Waals surface area contributed by atoms with Crippen molar-refractivity contribution in [1.29, 1.82) is 0 Å². The normalized spacial score (nSPS) is 18.9. The first-order valence-corrected chi connectivity index (χ1v) is 8.15. The van der Waals surface area contributed by atoms with Crippen LogP contribution in [0, 0.1) is 0 Å². The lowest BCUT2D eigenvalue weighted by atomic mass is 9.98. The second-order valence-corrected chi connectivity index (χ2v) is 5.77. The Labute approximate surface area is 132 Å². The van der Waals surface area contributed by atoms with Crippen LogP contribution in [0.3, 0.4) is 0 Å². The highest BCUT2D eigenvalue weighted by atomic mass is 19.1. The molecular weight excluding hydrogens is 281 g/mol. The van der Waals surface area contributed by atoms with E-state index in [-0.39, 0.29) is 12.6 Å². The summed E-state index contributed by atoms with van der Waals surface area (Å²) in [5.41, 5.74) is 1.34. The van der Waals surface area contributed by atoms with Gasteiger partial charge in [0.1, 0.15) is 6.67 Å². The highest BCUT2D eigenvalue weighted by Crippen LogP contribution is 2.21. The second-order valence-electron chi connectivity index (χ2n) is 5.77. The minimum Gasteiger partial charge on any atom is -0.338 e. The molecule has 1 aromatic rings. The van der Waals surface area contributed by atoms with Crippen molar-refractivity contribution in [2.24, 2.45) is 0 Å². The Hall–Kier alpha value is -1.62. The molecule has 0 radical (unpaired) electrons. The smallest absolute Gasteiger partial charge is 0.314 e. The largest absolute Gasteiger partial charge is 0.338 e. The van der Waals surface area contributed by atoms with Crippen molar-refractivity contribution in [2.75, 3.05) is 26.3 Å². The van der Waals surface area contributed by atoms with E-state index in [4.69, 9.17) is 0 Å². The number of benzene rings is 1. The van der Waals surface area contributed by atoms with Crippen LogP contribution in [0.2, 0.25) is 0 Å². The lowest BCUT2D eigenvalue weighted by molar-refractivity contribution is 0.132. The maximum atomic E-state index is 12.0. The van der Waals surface area contributed by atoms with Crippen LogP contribution in [-0.4, -0.2) is 43.3 Å². The Morgan fingerprint density at radius 3 is 2.73 bits per heavy atom. The van der Waals surface area contributed by atoms with Crippen LogP contribution in [-0.2, 0) is 6.54 Å². The van der Waals surface area contributed by atoms with Crippen molar-refractivity contribution in [2.45, 2.75) is 38.3 Å². The third kappa shape index (κ3) is 5.64. The monoisotopic (exact) mass is 307 g/mol. The topological polar surface area (TPSA) is 44.4 Å². The molecule has 1 aliphatic heterocycles. The summed E-state index contributed by atoms with van der Waals surface area (Å²) >= 11 is 0. The fourth-order valence-corrected chi connectivity index (χ4v) is 2.99. The molecule has 0 aliphatic carbocycles. The molecule has 22 heavy (non-hydrogen) atoms. The molecule has 0 spiro atoms. The molecule has 1 heterocycles. The summed E-state index contributed by atoms with van der Waals surface area (Å²) in [5.74, 6) is 0. The van der Waals surface area contributed by atoms with Crippen LogP contribution in [0.15, 0.2) is 30.3 Å². The van der Waals surface area contributed by atoms with Crippen LogP contribution in [0.5, 0.6) is 0 Å². The van der Waals surface area contributed by atoms with E-state index < -0.39 is 6.67 Å². The average molecular weight is 307 g/mol. The minimum atomic E-state index is -0.527. The fourth-order valence-electron chi connectivity index (χ4n) is 2.99. The number of hydrogen-bond donors (Lipinski definition) is 2. The van der Waals surface area contributed by atoms with Gasteiger partial charge in [0.25, 0.3) is 0 Å². The van der Waals surface area contributed by atoms with Gasteiger partial charge in [-0.15, -0.1) is 0 Å². The lowest BCUT2D eigenvalue weighted by Gasteiger charge is -2.36. The Bertz CT molecular complexity index is 441. The Balaban J connectivity index is 1.76. The molecular formula is C17H26FN3O. The minimum absolute atomic E-state index is 0.0788. The zero-order valence-corrected chi connectivity index (χ0v) is 13.1. The van der Waals surface area contributed by atoms with E-state index in [0.29, 0.717) is 12.6 Å². The molecule has 1 atom stereocenters. The first-order valence-electron chi connectivity index (χ1n) is 8.15. The number of amides is 2. The maximum absolute atomic E-state index is 12.0. The predicted octanol–water partition coefficient (Wildman–Crippen LogP) is 2.70. The van der Waals surface area contributed by atoms with Crippen molar-refractivity contribution < 1.29 is 9.18 Å². The van der Waals surface area contributed by atoms with Gasteiger partial charge in [0.05, 0.1) is 0 Å². The molecule has 2 N–H and O–H groups in total. The first kappa shape index (κ1) is 16.7. The SMILES string of the molecule is O=C(NCCF)NCCC1CCCCN1Cc1ccccc1. The van der Waals surface area contributed by atoms with E-state index in [1.54, 1.807) is 0 Å². The number of rotatable bonds is 7. The summed E-state index contributed by atoms with van der Waals surface area (Å²) in [4.78, 5) is 13.9. The standard InChI is InChI=1S/C17H26FN3O/c18-10-12-20-17(22)19-11-9-16-8-4-5-13-21(16)14-15-6-2-1-3-7-15/h1-3,6-7,16H,4-5,8-14H2,(H2,19,20,22). The van der Waals surface area contributed by atoms with Gasteiger partial charge >= 0.3 is 6.03 Å². The van der Waals surface area contributed by atoms with Crippen molar-refractivity contribution in [3.8, 4) is 0 Å². The molecule has 5 heteroatoms. The number of likely N-dealkylation sites (tertiary alicyclic amines) is 1. The first-order chi connectivity index (χ1) is 10.8. The number of halogens is 1. The van der Waals surface area contributed by atoms with Gasteiger partial charge in [-0.1, -0.05) is 36.8 Å². The summed E-state index contributed by atoms with van der Waals surface area (Å²) in [6.07, 6.45) is 4.62. The Kier molecular flexibility index (Phi) is 7.16. The van der Waals surface area contributed by atoms with Crippen molar-refractivity contribution in [3.05, 3.63) is 35.9 Å². The number of nitrogens with one attached hydrogen (secondary N) is 2. The van der Waals surface area contributed by atoms with E-state index in [9.17, 15) is 9.18 Å². The third-order valence-corrected chi connectivity index (χ3v) is 4.12.